The molecule has 3 aliphatic rings. The van der Waals surface area contributed by atoms with Gasteiger partial charge in [-0.1, -0.05) is 13.8 Å². The molecule has 3 rings (SSSR count). The van der Waals surface area contributed by atoms with E-state index in [-0.39, 0.29) is 29.5 Å². The SMILES string of the molecule is C[C@]12CCC([C@@]3(C)CC[C@H](O)C[C@@H]3CO)CC1CCC2=O. The molecule has 2 unspecified atom stereocenters. The third kappa shape index (κ3) is 2.37. The van der Waals surface area contributed by atoms with Gasteiger partial charge < -0.3 is 10.2 Å². The molecule has 6 atom stereocenters. The fraction of sp³-hybridized carbons (Fsp3) is 0.944. The molecule has 120 valence electrons. The van der Waals surface area contributed by atoms with Crippen molar-refractivity contribution >= 4 is 5.78 Å². The maximum atomic E-state index is 12.2. The van der Waals surface area contributed by atoms with Crippen molar-refractivity contribution < 1.29 is 15.0 Å². The highest BCUT2D eigenvalue weighted by atomic mass is 16.3. The minimum atomic E-state index is -0.239. The average molecular weight is 294 g/mol. The molecule has 0 radical (unpaired) electrons. The first-order valence-electron chi connectivity index (χ1n) is 8.72. The van der Waals surface area contributed by atoms with Gasteiger partial charge in [0.1, 0.15) is 5.78 Å². The van der Waals surface area contributed by atoms with Crippen LogP contribution in [0.1, 0.15) is 65.2 Å². The van der Waals surface area contributed by atoms with Gasteiger partial charge in [-0.05, 0) is 68.1 Å². The quantitative estimate of drug-likeness (QED) is 0.823. The van der Waals surface area contributed by atoms with E-state index in [2.05, 4.69) is 13.8 Å². The Hall–Kier alpha value is -0.410. The van der Waals surface area contributed by atoms with Gasteiger partial charge in [0.05, 0.1) is 6.10 Å². The summed E-state index contributed by atoms with van der Waals surface area (Å²) >= 11 is 0. The lowest BCUT2D eigenvalue weighted by Crippen LogP contribution is -2.47. The van der Waals surface area contributed by atoms with Crippen LogP contribution in [0.25, 0.3) is 0 Å². The van der Waals surface area contributed by atoms with Crippen molar-refractivity contribution in [2.75, 3.05) is 6.61 Å². The average Bonchev–Trinajstić information content (AvgIpc) is 2.77. The molecule has 0 aromatic heterocycles. The van der Waals surface area contributed by atoms with E-state index >= 15 is 0 Å². The summed E-state index contributed by atoms with van der Waals surface area (Å²) in [7, 11) is 0. The lowest BCUT2D eigenvalue weighted by atomic mass is 9.53. The number of Topliss-reactive ketones (excluding diaryl/α,β-unsaturated/α-hetero) is 1. The van der Waals surface area contributed by atoms with Gasteiger partial charge >= 0.3 is 0 Å². The number of aliphatic hydroxyl groups is 2. The monoisotopic (exact) mass is 294 g/mol. The lowest BCUT2D eigenvalue weighted by Gasteiger charge is -2.52. The van der Waals surface area contributed by atoms with E-state index in [0.717, 1.165) is 51.4 Å². The fourth-order valence-corrected chi connectivity index (χ4v) is 5.61. The summed E-state index contributed by atoms with van der Waals surface area (Å²) in [6.45, 7) is 4.69. The fourth-order valence-electron chi connectivity index (χ4n) is 5.61. The van der Waals surface area contributed by atoms with Crippen molar-refractivity contribution in [1.82, 2.24) is 0 Å². The molecular weight excluding hydrogens is 264 g/mol. The lowest BCUT2D eigenvalue weighted by molar-refractivity contribution is -0.130. The molecule has 0 saturated heterocycles. The molecule has 3 fully saturated rings. The molecule has 3 nitrogen and oxygen atoms in total. The topological polar surface area (TPSA) is 57.5 Å². The summed E-state index contributed by atoms with van der Waals surface area (Å²) < 4.78 is 0. The Bertz CT molecular complexity index is 421. The molecule has 21 heavy (non-hydrogen) atoms. The summed E-state index contributed by atoms with van der Waals surface area (Å²) in [6, 6.07) is 0. The molecule has 0 amide bonds. The third-order valence-electron chi connectivity index (χ3n) is 7.50. The van der Waals surface area contributed by atoms with Gasteiger partial charge in [-0.2, -0.15) is 0 Å². The zero-order chi connectivity index (χ0) is 15.3. The van der Waals surface area contributed by atoms with E-state index in [1.165, 1.54) is 0 Å². The summed E-state index contributed by atoms with van der Waals surface area (Å²) in [5, 5.41) is 19.7. The van der Waals surface area contributed by atoms with Crippen molar-refractivity contribution in [3.05, 3.63) is 0 Å². The Morgan fingerprint density at radius 3 is 2.57 bits per heavy atom. The van der Waals surface area contributed by atoms with Crippen LogP contribution in [0.5, 0.6) is 0 Å². The summed E-state index contributed by atoms with van der Waals surface area (Å²) in [5.41, 5.74) is 0.0801. The maximum absolute atomic E-state index is 12.2. The second kappa shape index (κ2) is 5.34. The molecule has 0 bridgehead atoms. The largest absolute Gasteiger partial charge is 0.396 e. The highest BCUT2D eigenvalue weighted by molar-refractivity contribution is 5.87. The Kier molecular flexibility index (Phi) is 3.94. The van der Waals surface area contributed by atoms with E-state index < -0.39 is 0 Å². The first-order chi connectivity index (χ1) is 9.90. The molecule has 0 aromatic rings. The van der Waals surface area contributed by atoms with Crippen LogP contribution in [0.15, 0.2) is 0 Å². The zero-order valence-corrected chi connectivity index (χ0v) is 13.5. The van der Waals surface area contributed by atoms with Gasteiger partial charge in [0, 0.05) is 18.4 Å². The number of aliphatic hydroxyl groups excluding tert-OH is 2. The van der Waals surface area contributed by atoms with E-state index in [1.807, 2.05) is 0 Å². The van der Waals surface area contributed by atoms with Crippen LogP contribution in [0.4, 0.5) is 0 Å². The Morgan fingerprint density at radius 1 is 1.10 bits per heavy atom. The summed E-state index contributed by atoms with van der Waals surface area (Å²) in [4.78, 5) is 12.2. The van der Waals surface area contributed by atoms with Crippen molar-refractivity contribution in [1.29, 1.82) is 0 Å². The van der Waals surface area contributed by atoms with Gasteiger partial charge in [0.15, 0.2) is 0 Å². The Balaban J connectivity index is 1.77. The standard InChI is InChI=1S/C18H30O3/c1-17(8-6-15(20)10-14(17)11-19)13-5-7-18(2)12(9-13)3-4-16(18)21/h12-15,19-20H,3-11H2,1-2H3/t12?,13?,14-,15+,17-,18+/m1/s1. The van der Waals surface area contributed by atoms with E-state index in [1.54, 1.807) is 0 Å². The van der Waals surface area contributed by atoms with Gasteiger partial charge in [-0.25, -0.2) is 0 Å². The second-order valence-electron chi connectivity index (χ2n) is 8.36. The number of ketones is 1. The number of carbonyl (C=O) groups excluding carboxylic acids is 1. The highest BCUT2D eigenvalue weighted by Gasteiger charge is 2.53. The predicted molar refractivity (Wildman–Crippen MR) is 81.7 cm³/mol. The number of carbonyl (C=O) groups is 1. The highest BCUT2D eigenvalue weighted by Crippen LogP contribution is 2.58. The maximum Gasteiger partial charge on any atom is 0.139 e. The van der Waals surface area contributed by atoms with Crippen molar-refractivity contribution in [2.45, 2.75) is 71.3 Å². The summed E-state index contributed by atoms with van der Waals surface area (Å²) in [6.07, 6.45) is 7.50. The van der Waals surface area contributed by atoms with Crippen molar-refractivity contribution in [3.63, 3.8) is 0 Å². The smallest absolute Gasteiger partial charge is 0.139 e. The Labute approximate surface area is 128 Å². The Morgan fingerprint density at radius 2 is 1.86 bits per heavy atom. The molecule has 3 heteroatoms. The first-order valence-corrected chi connectivity index (χ1v) is 8.72. The van der Waals surface area contributed by atoms with Crippen LogP contribution in [-0.4, -0.2) is 28.7 Å². The molecule has 3 saturated carbocycles. The molecule has 0 aliphatic heterocycles. The zero-order valence-electron chi connectivity index (χ0n) is 13.5. The van der Waals surface area contributed by atoms with E-state index in [0.29, 0.717) is 17.6 Å². The molecule has 2 N–H and O–H groups in total. The molecular formula is C18H30O3. The summed E-state index contributed by atoms with van der Waals surface area (Å²) in [5.74, 6) is 1.85. The second-order valence-corrected chi connectivity index (χ2v) is 8.36. The van der Waals surface area contributed by atoms with E-state index in [9.17, 15) is 15.0 Å². The normalized spacial score (nSPS) is 51.0. The molecule has 3 aliphatic carbocycles. The van der Waals surface area contributed by atoms with Crippen LogP contribution >= 0.6 is 0 Å². The minimum Gasteiger partial charge on any atom is -0.396 e. The van der Waals surface area contributed by atoms with Gasteiger partial charge in [0.25, 0.3) is 0 Å². The van der Waals surface area contributed by atoms with E-state index in [4.69, 9.17) is 0 Å². The van der Waals surface area contributed by atoms with Crippen molar-refractivity contribution in [2.24, 2.45) is 28.6 Å². The van der Waals surface area contributed by atoms with Crippen molar-refractivity contribution in [3.8, 4) is 0 Å². The van der Waals surface area contributed by atoms with Crippen LogP contribution in [0.2, 0.25) is 0 Å². The van der Waals surface area contributed by atoms with Gasteiger partial charge in [-0.15, -0.1) is 0 Å². The van der Waals surface area contributed by atoms with Crippen LogP contribution in [-0.2, 0) is 4.79 Å². The third-order valence-corrected chi connectivity index (χ3v) is 7.50. The molecule has 0 spiro atoms. The first kappa shape index (κ1) is 15.5. The number of fused-ring (bicyclic) bond motifs is 1. The number of rotatable bonds is 2. The molecule has 0 aromatic carbocycles. The van der Waals surface area contributed by atoms with Gasteiger partial charge in [-0.3, -0.25) is 4.79 Å². The van der Waals surface area contributed by atoms with Gasteiger partial charge in [0.2, 0.25) is 0 Å². The molecule has 0 heterocycles. The van der Waals surface area contributed by atoms with Crippen LogP contribution < -0.4 is 0 Å². The van der Waals surface area contributed by atoms with Crippen LogP contribution in [0, 0.1) is 28.6 Å². The minimum absolute atomic E-state index is 0.0598. The number of hydrogen-bond donors (Lipinski definition) is 2. The van der Waals surface area contributed by atoms with Crippen LogP contribution in [0.3, 0.4) is 0 Å². The predicted octanol–water partition coefficient (Wildman–Crippen LogP) is 2.93. The number of hydrogen-bond acceptors (Lipinski definition) is 3.